The van der Waals surface area contributed by atoms with E-state index >= 15 is 0 Å². The van der Waals surface area contributed by atoms with E-state index in [1.54, 1.807) is 23.1 Å². The monoisotopic (exact) mass is 474 g/mol. The van der Waals surface area contributed by atoms with E-state index in [-0.39, 0.29) is 23.6 Å². The molecule has 0 spiro atoms. The van der Waals surface area contributed by atoms with Gasteiger partial charge in [0.1, 0.15) is 5.56 Å². The number of aromatic amines is 1. The number of amides is 1. The van der Waals surface area contributed by atoms with Gasteiger partial charge in [0.15, 0.2) is 0 Å². The lowest BCUT2D eigenvalue weighted by Crippen LogP contribution is -2.40. The van der Waals surface area contributed by atoms with E-state index in [9.17, 15) is 18.0 Å². The van der Waals surface area contributed by atoms with Crippen LogP contribution in [0.1, 0.15) is 28.8 Å². The van der Waals surface area contributed by atoms with Gasteiger partial charge in [-0.15, -0.1) is 0 Å². The van der Waals surface area contributed by atoms with Crippen LogP contribution >= 0.6 is 0 Å². The molecule has 2 saturated heterocycles. The van der Waals surface area contributed by atoms with Crippen molar-refractivity contribution in [2.45, 2.75) is 25.1 Å². The van der Waals surface area contributed by atoms with Gasteiger partial charge >= 0.3 is 6.18 Å². The van der Waals surface area contributed by atoms with Crippen molar-refractivity contribution in [3.8, 4) is 11.3 Å². The summed E-state index contributed by atoms with van der Waals surface area (Å²) in [6.07, 6.45) is -0.428. The minimum absolute atomic E-state index is 0.0510. The van der Waals surface area contributed by atoms with E-state index in [2.05, 4.69) is 25.6 Å². The Morgan fingerprint density at radius 1 is 1.24 bits per heavy atom. The summed E-state index contributed by atoms with van der Waals surface area (Å²) in [4.78, 5) is 25.7. The van der Waals surface area contributed by atoms with E-state index in [1.165, 1.54) is 6.20 Å². The molecular formula is C23H25F3N6O2. The third-order valence-electron chi connectivity index (χ3n) is 6.21. The minimum Gasteiger partial charge on any atom is -0.378 e. The van der Waals surface area contributed by atoms with E-state index < -0.39 is 11.7 Å². The highest BCUT2D eigenvalue weighted by Gasteiger charge is 2.36. The van der Waals surface area contributed by atoms with Crippen LogP contribution in [0.25, 0.3) is 22.2 Å². The summed E-state index contributed by atoms with van der Waals surface area (Å²) in [6.45, 7) is 3.61. The van der Waals surface area contributed by atoms with Gasteiger partial charge in [0.25, 0.3) is 5.91 Å². The predicted molar refractivity (Wildman–Crippen MR) is 121 cm³/mol. The highest BCUT2D eigenvalue weighted by atomic mass is 19.4. The number of hydrogen-bond acceptors (Lipinski definition) is 6. The predicted octanol–water partition coefficient (Wildman–Crippen LogP) is 3.28. The molecule has 1 aromatic carbocycles. The van der Waals surface area contributed by atoms with Crippen LogP contribution in [0.2, 0.25) is 0 Å². The van der Waals surface area contributed by atoms with Gasteiger partial charge in [0.05, 0.1) is 18.9 Å². The number of piperidine rings is 1. The van der Waals surface area contributed by atoms with Crippen LogP contribution in [-0.4, -0.2) is 71.2 Å². The zero-order valence-electron chi connectivity index (χ0n) is 18.4. The van der Waals surface area contributed by atoms with Crippen molar-refractivity contribution in [1.29, 1.82) is 0 Å². The van der Waals surface area contributed by atoms with E-state index in [0.29, 0.717) is 54.9 Å². The summed E-state index contributed by atoms with van der Waals surface area (Å²) in [7, 11) is 0. The van der Waals surface area contributed by atoms with Crippen LogP contribution in [0.4, 0.5) is 19.1 Å². The summed E-state index contributed by atoms with van der Waals surface area (Å²) in [5.41, 5.74) is 0.224. The summed E-state index contributed by atoms with van der Waals surface area (Å²) in [6, 6.07) is 5.02. The highest BCUT2D eigenvalue weighted by molar-refractivity contribution is 6.02. The van der Waals surface area contributed by atoms with E-state index in [4.69, 9.17) is 4.74 Å². The number of aromatic nitrogens is 3. The number of anilines is 1. The quantitative estimate of drug-likeness (QED) is 0.537. The van der Waals surface area contributed by atoms with Gasteiger partial charge in [-0.1, -0.05) is 6.07 Å². The molecule has 0 saturated carbocycles. The zero-order chi connectivity index (χ0) is 23.7. The Hall–Kier alpha value is -3.18. The van der Waals surface area contributed by atoms with Crippen LogP contribution in [0.5, 0.6) is 0 Å². The van der Waals surface area contributed by atoms with Crippen molar-refractivity contribution in [2.75, 3.05) is 44.7 Å². The number of carbonyl (C=O) groups excluding carboxylic acids is 1. The maximum Gasteiger partial charge on any atom is 0.419 e. The molecule has 1 amide bonds. The van der Waals surface area contributed by atoms with Crippen LogP contribution in [0.3, 0.4) is 0 Å². The molecule has 0 radical (unpaired) electrons. The summed E-state index contributed by atoms with van der Waals surface area (Å²) >= 11 is 0. The number of benzene rings is 1. The van der Waals surface area contributed by atoms with Crippen molar-refractivity contribution in [3.05, 3.63) is 41.7 Å². The Balaban J connectivity index is 1.49. The molecule has 2 aliphatic rings. The van der Waals surface area contributed by atoms with Crippen molar-refractivity contribution < 1.29 is 22.7 Å². The highest BCUT2D eigenvalue weighted by Crippen LogP contribution is 2.39. The van der Waals surface area contributed by atoms with Crippen molar-refractivity contribution in [1.82, 2.24) is 25.2 Å². The van der Waals surface area contributed by atoms with Crippen LogP contribution in [0, 0.1) is 0 Å². The first-order valence-corrected chi connectivity index (χ1v) is 11.3. The second-order valence-electron chi connectivity index (χ2n) is 8.51. The van der Waals surface area contributed by atoms with Gasteiger partial charge in [0, 0.05) is 60.1 Å². The summed E-state index contributed by atoms with van der Waals surface area (Å²) in [5, 5.41) is 6.95. The van der Waals surface area contributed by atoms with Crippen LogP contribution in [-0.2, 0) is 10.9 Å². The fraction of sp³-hybridized carbons (Fsp3) is 0.435. The molecule has 5 rings (SSSR count). The van der Waals surface area contributed by atoms with Crippen molar-refractivity contribution in [2.24, 2.45) is 0 Å². The molecular weight excluding hydrogens is 449 g/mol. The molecule has 1 atom stereocenters. The number of nitrogens with one attached hydrogen (secondary N) is 3. The summed E-state index contributed by atoms with van der Waals surface area (Å²) < 4.78 is 46.8. The SMILES string of the molecule is O=C(c1ccc2c(-c3nc(NC4CCCNC4)ncc3C(F)(F)F)c[nH]c2c1)N1CCOCC1. The first-order valence-electron chi connectivity index (χ1n) is 11.3. The van der Waals surface area contributed by atoms with Gasteiger partial charge in [0.2, 0.25) is 5.95 Å². The third kappa shape index (κ3) is 4.58. The fourth-order valence-corrected chi connectivity index (χ4v) is 4.43. The molecule has 0 aliphatic carbocycles. The molecule has 2 aromatic heterocycles. The van der Waals surface area contributed by atoms with Gasteiger partial charge < -0.3 is 25.3 Å². The topological polar surface area (TPSA) is 95.2 Å². The van der Waals surface area contributed by atoms with Gasteiger partial charge in [-0.3, -0.25) is 4.79 Å². The number of carbonyl (C=O) groups is 1. The normalized spacial score (nSPS) is 19.4. The van der Waals surface area contributed by atoms with Crippen LogP contribution in [0.15, 0.2) is 30.6 Å². The third-order valence-corrected chi connectivity index (χ3v) is 6.21. The molecule has 3 N–H and O–H groups in total. The lowest BCUT2D eigenvalue weighted by Gasteiger charge is -2.26. The number of nitrogens with zero attached hydrogens (tertiary/aromatic N) is 3. The standard InChI is InChI=1S/C23H25F3N6O2/c24-23(25,26)18-13-29-22(30-15-2-1-5-27-11-15)31-20(18)17-12-28-19-10-14(3-4-16(17)19)21(33)32-6-8-34-9-7-32/h3-4,10,12-13,15,27-28H,1-2,5-9,11H2,(H,29,30,31). The fourth-order valence-electron chi connectivity index (χ4n) is 4.43. The number of rotatable bonds is 4. The van der Waals surface area contributed by atoms with Crippen molar-refractivity contribution in [3.63, 3.8) is 0 Å². The number of halogens is 3. The Morgan fingerprint density at radius 3 is 2.79 bits per heavy atom. The zero-order valence-corrected chi connectivity index (χ0v) is 18.4. The number of morpholine rings is 1. The van der Waals surface area contributed by atoms with Gasteiger partial charge in [-0.25, -0.2) is 9.97 Å². The molecule has 3 aromatic rings. The lowest BCUT2D eigenvalue weighted by atomic mass is 10.0. The minimum atomic E-state index is -4.61. The Labute approximate surface area is 193 Å². The molecule has 2 fully saturated rings. The molecule has 8 nitrogen and oxygen atoms in total. The second-order valence-corrected chi connectivity index (χ2v) is 8.51. The number of alkyl halides is 3. The lowest BCUT2D eigenvalue weighted by molar-refractivity contribution is -0.137. The van der Waals surface area contributed by atoms with Gasteiger partial charge in [-0.05, 0) is 31.5 Å². The largest absolute Gasteiger partial charge is 0.419 e. The first kappa shape index (κ1) is 22.6. The van der Waals surface area contributed by atoms with Crippen molar-refractivity contribution >= 4 is 22.8 Å². The van der Waals surface area contributed by atoms with Crippen LogP contribution < -0.4 is 10.6 Å². The van der Waals surface area contributed by atoms with Gasteiger partial charge in [-0.2, -0.15) is 13.2 Å². The molecule has 0 bridgehead atoms. The molecule has 2 aliphatic heterocycles. The Morgan fingerprint density at radius 2 is 2.06 bits per heavy atom. The first-order chi connectivity index (χ1) is 16.4. The Bertz CT molecular complexity index is 1180. The van der Waals surface area contributed by atoms with E-state index in [1.807, 2.05) is 0 Å². The maximum atomic E-state index is 13.8. The van der Waals surface area contributed by atoms with E-state index in [0.717, 1.165) is 25.6 Å². The Kier molecular flexibility index (Phi) is 6.13. The smallest absolute Gasteiger partial charge is 0.378 e. The number of ether oxygens (including phenoxy) is 1. The average molecular weight is 474 g/mol. The number of H-pyrrole nitrogens is 1. The molecule has 34 heavy (non-hydrogen) atoms. The molecule has 4 heterocycles. The molecule has 1 unspecified atom stereocenters. The summed E-state index contributed by atoms with van der Waals surface area (Å²) in [5.74, 6) is 0.0251. The second kappa shape index (κ2) is 9.22. The average Bonchev–Trinajstić information content (AvgIpc) is 3.27. The number of hydrogen-bond donors (Lipinski definition) is 3. The number of fused-ring (bicyclic) bond motifs is 1. The molecule has 11 heteroatoms. The molecule has 180 valence electrons. The maximum absolute atomic E-state index is 13.8.